The van der Waals surface area contributed by atoms with Crippen molar-refractivity contribution in [2.45, 2.75) is 26.2 Å². The average molecular weight is 301 g/mol. The summed E-state index contributed by atoms with van der Waals surface area (Å²) in [7, 11) is 0. The first kappa shape index (κ1) is 14.2. The lowest BCUT2D eigenvalue weighted by Crippen LogP contribution is -2.14. The first-order valence-electron chi connectivity index (χ1n) is 6.99. The summed E-state index contributed by atoms with van der Waals surface area (Å²) < 4.78 is 14.7. The van der Waals surface area contributed by atoms with Gasteiger partial charge in [-0.05, 0) is 18.1 Å². The topological polar surface area (TPSA) is 75.1 Å². The lowest BCUT2D eigenvalue weighted by Gasteiger charge is -1.99. The molecule has 0 spiro atoms. The Labute approximate surface area is 126 Å². The van der Waals surface area contributed by atoms with Crippen LogP contribution in [0.15, 0.2) is 30.6 Å². The molecule has 0 unspecified atom stereocenters. The standard InChI is InChI=1S/C15H16FN5O/c1-9(2)12-6-13(20-19-12)18-15(22)5-11-8-21-7-10(16)3-4-14(21)17-11/h3-4,6-9H,5H2,1-2H3,(H2,18,19,20,22). The van der Waals surface area contributed by atoms with E-state index in [0.29, 0.717) is 23.1 Å². The van der Waals surface area contributed by atoms with Gasteiger partial charge in [0.1, 0.15) is 11.5 Å². The van der Waals surface area contributed by atoms with E-state index in [4.69, 9.17) is 0 Å². The normalized spacial score (nSPS) is 11.3. The van der Waals surface area contributed by atoms with Gasteiger partial charge in [0.15, 0.2) is 5.82 Å². The maximum absolute atomic E-state index is 13.1. The number of nitrogens with zero attached hydrogens (tertiary/aromatic N) is 3. The van der Waals surface area contributed by atoms with Gasteiger partial charge in [0.05, 0.1) is 12.1 Å². The third-order valence-corrected chi connectivity index (χ3v) is 3.29. The lowest BCUT2D eigenvalue weighted by atomic mass is 10.1. The van der Waals surface area contributed by atoms with E-state index in [1.54, 1.807) is 16.7 Å². The fourth-order valence-corrected chi connectivity index (χ4v) is 2.15. The van der Waals surface area contributed by atoms with Crippen LogP contribution in [0.2, 0.25) is 0 Å². The SMILES string of the molecule is CC(C)c1cc(NC(=O)Cc2cn3cc(F)ccc3n2)n[nH]1. The Morgan fingerprint density at radius 2 is 2.23 bits per heavy atom. The van der Waals surface area contributed by atoms with Gasteiger partial charge >= 0.3 is 0 Å². The molecule has 0 saturated carbocycles. The zero-order valence-electron chi connectivity index (χ0n) is 12.3. The van der Waals surface area contributed by atoms with Crippen molar-refractivity contribution in [2.75, 3.05) is 5.32 Å². The highest BCUT2D eigenvalue weighted by molar-refractivity contribution is 5.91. The zero-order chi connectivity index (χ0) is 15.7. The van der Waals surface area contributed by atoms with E-state index in [1.807, 2.05) is 19.9 Å². The predicted octanol–water partition coefficient (Wildman–Crippen LogP) is 2.50. The second-order valence-corrected chi connectivity index (χ2v) is 5.43. The molecule has 0 saturated heterocycles. The Morgan fingerprint density at radius 1 is 1.41 bits per heavy atom. The summed E-state index contributed by atoms with van der Waals surface area (Å²) in [5, 5.41) is 9.63. The summed E-state index contributed by atoms with van der Waals surface area (Å²) >= 11 is 0. The highest BCUT2D eigenvalue weighted by Gasteiger charge is 2.11. The quantitative estimate of drug-likeness (QED) is 0.777. The fraction of sp³-hybridized carbons (Fsp3) is 0.267. The molecule has 0 radical (unpaired) electrons. The summed E-state index contributed by atoms with van der Waals surface area (Å²) in [6.45, 7) is 4.07. The number of carbonyl (C=O) groups excluding carboxylic acids is 1. The number of amides is 1. The number of carbonyl (C=O) groups is 1. The van der Waals surface area contributed by atoms with Crippen molar-refractivity contribution in [3.8, 4) is 0 Å². The lowest BCUT2D eigenvalue weighted by molar-refractivity contribution is -0.115. The van der Waals surface area contributed by atoms with Crippen molar-refractivity contribution in [3.63, 3.8) is 0 Å². The minimum Gasteiger partial charge on any atom is -0.309 e. The van der Waals surface area contributed by atoms with E-state index < -0.39 is 0 Å². The molecule has 0 aliphatic carbocycles. The van der Waals surface area contributed by atoms with E-state index in [1.165, 1.54) is 12.3 Å². The monoisotopic (exact) mass is 301 g/mol. The van der Waals surface area contributed by atoms with E-state index in [9.17, 15) is 9.18 Å². The first-order chi connectivity index (χ1) is 10.5. The third-order valence-electron chi connectivity index (χ3n) is 3.29. The fourth-order valence-electron chi connectivity index (χ4n) is 2.15. The molecule has 3 aromatic rings. The summed E-state index contributed by atoms with van der Waals surface area (Å²) in [6.07, 6.45) is 3.07. The van der Waals surface area contributed by atoms with E-state index in [2.05, 4.69) is 20.5 Å². The molecule has 3 rings (SSSR count). The van der Waals surface area contributed by atoms with Crippen molar-refractivity contribution in [2.24, 2.45) is 0 Å². The van der Waals surface area contributed by atoms with Crippen molar-refractivity contribution in [1.82, 2.24) is 19.6 Å². The van der Waals surface area contributed by atoms with Crippen LogP contribution in [0.1, 0.15) is 31.2 Å². The molecule has 3 aromatic heterocycles. The number of hydrogen-bond donors (Lipinski definition) is 2. The number of nitrogens with one attached hydrogen (secondary N) is 2. The summed E-state index contributed by atoms with van der Waals surface area (Å²) in [5.41, 5.74) is 2.13. The maximum atomic E-state index is 13.1. The van der Waals surface area contributed by atoms with Crippen LogP contribution in [-0.4, -0.2) is 25.5 Å². The second-order valence-electron chi connectivity index (χ2n) is 5.43. The number of halogens is 1. The Kier molecular flexibility index (Phi) is 3.62. The zero-order valence-corrected chi connectivity index (χ0v) is 12.3. The molecule has 114 valence electrons. The number of pyridine rings is 1. The van der Waals surface area contributed by atoms with Gasteiger partial charge in [-0.1, -0.05) is 13.8 Å². The molecule has 0 aliphatic rings. The van der Waals surface area contributed by atoms with Gasteiger partial charge in [-0.15, -0.1) is 0 Å². The Morgan fingerprint density at radius 3 is 2.95 bits per heavy atom. The number of rotatable bonds is 4. The summed E-state index contributed by atoms with van der Waals surface area (Å²) in [5.74, 6) is 0.235. The number of fused-ring (bicyclic) bond motifs is 1. The highest BCUT2D eigenvalue weighted by Crippen LogP contribution is 2.15. The molecule has 2 N–H and O–H groups in total. The molecular formula is C15H16FN5O. The van der Waals surface area contributed by atoms with E-state index in [-0.39, 0.29) is 18.1 Å². The molecule has 0 bridgehead atoms. The molecule has 3 heterocycles. The highest BCUT2D eigenvalue weighted by atomic mass is 19.1. The van der Waals surface area contributed by atoms with Crippen molar-refractivity contribution < 1.29 is 9.18 Å². The molecule has 0 aliphatic heterocycles. The number of H-pyrrole nitrogens is 1. The molecular weight excluding hydrogens is 285 g/mol. The minimum atomic E-state index is -0.348. The van der Waals surface area contributed by atoms with Crippen LogP contribution < -0.4 is 5.32 Å². The third kappa shape index (κ3) is 2.98. The largest absolute Gasteiger partial charge is 0.309 e. The number of imidazole rings is 1. The van der Waals surface area contributed by atoms with Gasteiger partial charge in [0.2, 0.25) is 5.91 Å². The summed E-state index contributed by atoms with van der Waals surface area (Å²) in [6, 6.07) is 4.71. The average Bonchev–Trinajstić information content (AvgIpc) is 3.04. The van der Waals surface area contributed by atoms with E-state index >= 15 is 0 Å². The molecule has 1 amide bonds. The van der Waals surface area contributed by atoms with Crippen LogP contribution >= 0.6 is 0 Å². The number of anilines is 1. The second kappa shape index (κ2) is 5.59. The minimum absolute atomic E-state index is 0.104. The van der Waals surface area contributed by atoms with Crippen molar-refractivity contribution in [1.29, 1.82) is 0 Å². The first-order valence-corrected chi connectivity index (χ1v) is 6.99. The van der Waals surface area contributed by atoms with Crippen LogP contribution in [0.3, 0.4) is 0 Å². The number of aromatic amines is 1. The van der Waals surface area contributed by atoms with Crippen molar-refractivity contribution >= 4 is 17.4 Å². The van der Waals surface area contributed by atoms with Crippen LogP contribution in [0.5, 0.6) is 0 Å². The van der Waals surface area contributed by atoms with Gasteiger partial charge < -0.3 is 9.72 Å². The van der Waals surface area contributed by atoms with Crippen LogP contribution in [0, 0.1) is 5.82 Å². The molecule has 6 nitrogen and oxygen atoms in total. The van der Waals surface area contributed by atoms with Gasteiger partial charge in [0.25, 0.3) is 0 Å². The molecule has 0 atom stereocenters. The Bertz CT molecular complexity index is 820. The molecule has 0 fully saturated rings. The number of aromatic nitrogens is 4. The molecule has 22 heavy (non-hydrogen) atoms. The van der Waals surface area contributed by atoms with Crippen LogP contribution in [0.4, 0.5) is 10.2 Å². The van der Waals surface area contributed by atoms with Crippen LogP contribution in [-0.2, 0) is 11.2 Å². The van der Waals surface area contributed by atoms with Gasteiger partial charge in [0, 0.05) is 24.2 Å². The molecule has 7 heteroatoms. The Balaban J connectivity index is 1.69. The maximum Gasteiger partial charge on any atom is 0.231 e. The predicted molar refractivity (Wildman–Crippen MR) is 80.2 cm³/mol. The van der Waals surface area contributed by atoms with Gasteiger partial charge in [-0.3, -0.25) is 9.89 Å². The van der Waals surface area contributed by atoms with Gasteiger partial charge in [-0.2, -0.15) is 5.10 Å². The van der Waals surface area contributed by atoms with Crippen molar-refractivity contribution in [3.05, 3.63) is 47.8 Å². The summed E-state index contributed by atoms with van der Waals surface area (Å²) in [4.78, 5) is 16.3. The van der Waals surface area contributed by atoms with Gasteiger partial charge in [-0.25, -0.2) is 9.37 Å². The van der Waals surface area contributed by atoms with E-state index in [0.717, 1.165) is 5.69 Å². The smallest absolute Gasteiger partial charge is 0.231 e. The molecule has 0 aromatic carbocycles. The van der Waals surface area contributed by atoms with Crippen LogP contribution in [0.25, 0.3) is 5.65 Å². The number of hydrogen-bond acceptors (Lipinski definition) is 3. The Hall–Kier alpha value is -2.70.